The fourth-order valence-electron chi connectivity index (χ4n) is 6.86. The zero-order valence-corrected chi connectivity index (χ0v) is 33.1. The van der Waals surface area contributed by atoms with Gasteiger partial charge in [0, 0.05) is 36.6 Å². The van der Waals surface area contributed by atoms with Gasteiger partial charge in [-0.1, -0.05) is 103 Å². The smallest absolute Gasteiger partial charge is 0.305 e. The van der Waals surface area contributed by atoms with Crippen molar-refractivity contribution in [3.63, 3.8) is 0 Å². The molecule has 0 unspecified atom stereocenters. The van der Waals surface area contributed by atoms with E-state index in [9.17, 15) is 28.8 Å². The minimum absolute atomic E-state index is 0.0598. The molecular formula is C46H46N4O8S. The summed E-state index contributed by atoms with van der Waals surface area (Å²) in [7, 11) is 0. The lowest BCUT2D eigenvalue weighted by atomic mass is 9.89. The SMILES string of the molecule is O=C(O)CCNC(=O)[C@H]1CC(=O)[C@H](Cc2ccccc2)NC(=O)[C@@H](Cc2ccc(-c3ccccc3)cc2)NC(=O)[C@H](Cc2cccs2)NC(=O)COc2ccc(cc2)C1. The fourth-order valence-corrected chi connectivity index (χ4v) is 7.61. The number of ketones is 1. The van der Waals surface area contributed by atoms with E-state index >= 15 is 0 Å². The number of benzene rings is 4. The third-order valence-corrected chi connectivity index (χ3v) is 10.9. The molecule has 0 radical (unpaired) electrons. The Morgan fingerprint density at radius 3 is 1.93 bits per heavy atom. The Labute approximate surface area is 346 Å². The standard InChI is InChI=1S/C46H46N4O8S/c51-41-27-35(44(55)47-22-21-43(53)54)24-31-15-19-36(20-16-31)58-29-42(52)48-40(28-37-12-7-23-59-37)46(57)50-39(45(56)49-38(41)25-30-8-3-1-4-9-30)26-32-13-17-34(18-14-32)33-10-5-2-6-11-33/h1-20,23,35,38-40H,21-22,24-29H2,(H,47,55)(H,48,52)(H,49,56)(H,50,57)(H,53,54)/t35-,38+,39-,40+/m1/s1. The number of amides is 4. The van der Waals surface area contributed by atoms with Crippen molar-refractivity contribution in [1.82, 2.24) is 21.3 Å². The lowest BCUT2D eigenvalue weighted by Gasteiger charge is -2.26. The first-order valence-electron chi connectivity index (χ1n) is 19.4. The topological polar surface area (TPSA) is 180 Å². The maximum absolute atomic E-state index is 14.5. The molecule has 5 N–H and O–H groups in total. The molecule has 2 bridgehead atoms. The van der Waals surface area contributed by atoms with Crippen molar-refractivity contribution < 1.29 is 38.6 Å². The first kappa shape index (κ1) is 42.0. The number of carboxylic acid groups (broad SMARTS) is 1. The average Bonchev–Trinajstić information content (AvgIpc) is 3.76. The molecule has 4 atom stereocenters. The molecule has 0 spiro atoms. The average molecular weight is 815 g/mol. The van der Waals surface area contributed by atoms with Crippen LogP contribution in [0.5, 0.6) is 5.75 Å². The van der Waals surface area contributed by atoms with Gasteiger partial charge in [0.05, 0.1) is 12.5 Å². The van der Waals surface area contributed by atoms with Crippen molar-refractivity contribution in [2.24, 2.45) is 5.92 Å². The molecule has 3 heterocycles. The van der Waals surface area contributed by atoms with E-state index < -0.39 is 66.0 Å². The lowest BCUT2D eigenvalue weighted by Crippen LogP contribution is -2.57. The van der Waals surface area contributed by atoms with Gasteiger partial charge in [-0.2, -0.15) is 0 Å². The molecule has 0 saturated carbocycles. The number of fused-ring (bicyclic) bond motifs is 16. The van der Waals surface area contributed by atoms with Gasteiger partial charge in [-0.25, -0.2) is 0 Å². The van der Waals surface area contributed by atoms with Crippen LogP contribution in [0.1, 0.15) is 34.4 Å². The quantitative estimate of drug-likeness (QED) is 0.119. The second-order valence-electron chi connectivity index (χ2n) is 14.4. The van der Waals surface area contributed by atoms with Gasteiger partial charge in [0.2, 0.25) is 17.7 Å². The lowest BCUT2D eigenvalue weighted by molar-refractivity contribution is -0.137. The summed E-state index contributed by atoms with van der Waals surface area (Å²) in [4.78, 5) is 82.0. The van der Waals surface area contributed by atoms with Gasteiger partial charge in [0.1, 0.15) is 17.8 Å². The van der Waals surface area contributed by atoms with Crippen LogP contribution in [-0.2, 0) is 54.5 Å². The van der Waals surface area contributed by atoms with Crippen LogP contribution in [0.2, 0.25) is 0 Å². The third kappa shape index (κ3) is 12.7. The molecule has 7 rings (SSSR count). The molecule has 4 aromatic carbocycles. The molecule has 12 nitrogen and oxygen atoms in total. The first-order chi connectivity index (χ1) is 28.6. The normalized spacial score (nSPS) is 19.2. The summed E-state index contributed by atoms with van der Waals surface area (Å²) in [6, 6.07) is 33.7. The molecule has 59 heavy (non-hydrogen) atoms. The van der Waals surface area contributed by atoms with Crippen LogP contribution in [0, 0.1) is 5.92 Å². The zero-order valence-electron chi connectivity index (χ0n) is 32.3. The Morgan fingerprint density at radius 2 is 1.27 bits per heavy atom. The van der Waals surface area contributed by atoms with Crippen LogP contribution in [-0.4, -0.2) is 71.8 Å². The predicted octanol–water partition coefficient (Wildman–Crippen LogP) is 4.70. The highest BCUT2D eigenvalue weighted by molar-refractivity contribution is 7.09. The van der Waals surface area contributed by atoms with Gasteiger partial charge in [-0.15, -0.1) is 11.3 Å². The molecular weight excluding hydrogens is 769 g/mol. The first-order valence-corrected chi connectivity index (χ1v) is 20.3. The Bertz CT molecular complexity index is 2200. The van der Waals surface area contributed by atoms with Crippen LogP contribution in [0.15, 0.2) is 127 Å². The zero-order chi connectivity index (χ0) is 41.6. The molecule has 1 aromatic heterocycles. The second-order valence-corrected chi connectivity index (χ2v) is 15.5. The summed E-state index contributed by atoms with van der Waals surface area (Å²) in [5.41, 5.74) is 4.18. The van der Waals surface area contributed by atoms with Gasteiger partial charge in [-0.05, 0) is 64.2 Å². The maximum atomic E-state index is 14.5. The summed E-state index contributed by atoms with van der Waals surface area (Å²) in [6.45, 7) is -0.519. The van der Waals surface area contributed by atoms with Crippen LogP contribution in [0.4, 0.5) is 0 Å². The Hall–Kier alpha value is -6.60. The molecule has 2 aliphatic heterocycles. The molecule has 4 amide bonds. The number of hydrogen-bond acceptors (Lipinski definition) is 8. The minimum Gasteiger partial charge on any atom is -0.484 e. The van der Waals surface area contributed by atoms with Crippen molar-refractivity contribution in [2.45, 2.75) is 56.7 Å². The number of carboxylic acids is 1. The van der Waals surface area contributed by atoms with E-state index in [1.807, 2.05) is 102 Å². The van der Waals surface area contributed by atoms with Crippen LogP contribution in [0.25, 0.3) is 11.1 Å². The van der Waals surface area contributed by atoms with E-state index in [1.165, 1.54) is 11.3 Å². The molecule has 0 aliphatic carbocycles. The Balaban J connectivity index is 1.34. The molecule has 0 saturated heterocycles. The monoisotopic (exact) mass is 814 g/mol. The number of carbonyl (C=O) groups is 6. The van der Waals surface area contributed by atoms with Gasteiger partial charge in [0.25, 0.3) is 5.91 Å². The number of thiophene rings is 1. The summed E-state index contributed by atoms with van der Waals surface area (Å²) in [6.07, 6.45) is -0.115. The van der Waals surface area contributed by atoms with E-state index in [4.69, 9.17) is 9.84 Å². The number of Topliss-reactive ketones (excluding diaryl/α,β-unsaturated/α-hetero) is 1. The molecule has 5 aromatic rings. The number of aliphatic carboxylic acids is 1. The highest BCUT2D eigenvalue weighted by Crippen LogP contribution is 2.22. The summed E-state index contributed by atoms with van der Waals surface area (Å²) >= 11 is 1.43. The third-order valence-electron chi connectivity index (χ3n) is 9.99. The van der Waals surface area contributed by atoms with Gasteiger partial charge in [-0.3, -0.25) is 28.8 Å². The fraction of sp³-hybridized carbons (Fsp3) is 0.261. The van der Waals surface area contributed by atoms with Crippen LogP contribution in [0.3, 0.4) is 0 Å². The Morgan fingerprint density at radius 1 is 0.661 bits per heavy atom. The molecule has 0 fully saturated rings. The van der Waals surface area contributed by atoms with Gasteiger partial charge in [0.15, 0.2) is 12.4 Å². The van der Waals surface area contributed by atoms with E-state index in [2.05, 4.69) is 21.3 Å². The summed E-state index contributed by atoms with van der Waals surface area (Å²) in [5, 5.41) is 22.3. The van der Waals surface area contributed by atoms with Crippen molar-refractivity contribution >= 4 is 46.7 Å². The summed E-state index contributed by atoms with van der Waals surface area (Å²) in [5.74, 6) is -4.32. The summed E-state index contributed by atoms with van der Waals surface area (Å²) < 4.78 is 5.76. The van der Waals surface area contributed by atoms with E-state index in [0.717, 1.165) is 27.1 Å². The van der Waals surface area contributed by atoms with E-state index in [0.29, 0.717) is 11.3 Å². The largest absolute Gasteiger partial charge is 0.484 e. The van der Waals surface area contributed by atoms with Crippen molar-refractivity contribution in [3.8, 4) is 16.9 Å². The Kier molecular flexibility index (Phi) is 14.7. The predicted molar refractivity (Wildman–Crippen MR) is 224 cm³/mol. The van der Waals surface area contributed by atoms with Crippen molar-refractivity contribution in [1.29, 1.82) is 0 Å². The molecule has 13 heteroatoms. The second kappa shape index (κ2) is 20.7. The highest BCUT2D eigenvalue weighted by Gasteiger charge is 2.33. The minimum atomic E-state index is -1.18. The van der Waals surface area contributed by atoms with Crippen LogP contribution < -0.4 is 26.0 Å². The highest BCUT2D eigenvalue weighted by atomic mass is 32.1. The van der Waals surface area contributed by atoms with Crippen molar-refractivity contribution in [2.75, 3.05) is 13.2 Å². The number of nitrogens with one attached hydrogen (secondary N) is 4. The van der Waals surface area contributed by atoms with Crippen molar-refractivity contribution in [3.05, 3.63) is 148 Å². The van der Waals surface area contributed by atoms with E-state index in [1.54, 1.807) is 24.3 Å². The number of hydrogen-bond donors (Lipinski definition) is 5. The number of rotatable bonds is 11. The van der Waals surface area contributed by atoms with Gasteiger partial charge >= 0.3 is 5.97 Å². The molecule has 2 aliphatic rings. The van der Waals surface area contributed by atoms with E-state index in [-0.39, 0.29) is 45.1 Å². The van der Waals surface area contributed by atoms with Crippen LogP contribution >= 0.6 is 11.3 Å². The number of ether oxygens (including phenoxy) is 1. The number of carbonyl (C=O) groups excluding carboxylic acids is 5. The molecule has 304 valence electrons. The maximum Gasteiger partial charge on any atom is 0.305 e. The van der Waals surface area contributed by atoms with Gasteiger partial charge < -0.3 is 31.1 Å².